The molecule has 5 rings (SSSR count). The van der Waals surface area contributed by atoms with Gasteiger partial charge in [0.05, 0.1) is 32.9 Å². The van der Waals surface area contributed by atoms with Gasteiger partial charge in [0.15, 0.2) is 11.6 Å². The summed E-state index contributed by atoms with van der Waals surface area (Å²) >= 11 is 1.06. The van der Waals surface area contributed by atoms with Gasteiger partial charge in [0.1, 0.15) is 16.6 Å². The van der Waals surface area contributed by atoms with E-state index in [2.05, 4.69) is 36.3 Å². The molecule has 0 radical (unpaired) electrons. The van der Waals surface area contributed by atoms with E-state index in [1.807, 2.05) is 4.90 Å². The van der Waals surface area contributed by atoms with Crippen molar-refractivity contribution < 1.29 is 37.4 Å². The van der Waals surface area contributed by atoms with Crippen LogP contribution in [0.2, 0.25) is 0 Å². The standard InChI is InChI=1S/C35H35F2N9O6S/c1-6-52-35(49)46(19-22-24(36)8-7-9-25(22)37)33-30(32(47)39-26-14-16-28(50-4)43-41-26)23(18-45(2)3)31(53-33)20-10-12-21(13-11-20)38-34(48)40-27-15-17-29(51-5)44-42-27/h7-17H,6,18-19H2,1-5H3,(H,39,41,47)(H2,38,40,42,48). The molecule has 0 aliphatic carbocycles. The van der Waals surface area contributed by atoms with Crippen LogP contribution in [0.15, 0.2) is 66.7 Å². The van der Waals surface area contributed by atoms with Gasteiger partial charge in [0, 0.05) is 34.8 Å². The maximum Gasteiger partial charge on any atom is 0.415 e. The van der Waals surface area contributed by atoms with Gasteiger partial charge in [0.2, 0.25) is 11.8 Å². The minimum absolute atomic E-state index is 0.0447. The number of anilines is 4. The average Bonchev–Trinajstić information content (AvgIpc) is 3.50. The molecule has 0 fully saturated rings. The summed E-state index contributed by atoms with van der Waals surface area (Å²) in [6.07, 6.45) is -0.926. The zero-order valence-electron chi connectivity index (χ0n) is 29.3. The van der Waals surface area contributed by atoms with Crippen LogP contribution in [0.4, 0.5) is 40.7 Å². The van der Waals surface area contributed by atoms with E-state index in [9.17, 15) is 14.4 Å². The molecule has 3 aromatic heterocycles. The highest BCUT2D eigenvalue weighted by atomic mass is 32.1. The predicted molar refractivity (Wildman–Crippen MR) is 194 cm³/mol. The lowest BCUT2D eigenvalue weighted by atomic mass is 10.0. The van der Waals surface area contributed by atoms with E-state index in [1.165, 1.54) is 38.5 Å². The Morgan fingerprint density at radius 1 is 0.755 bits per heavy atom. The lowest BCUT2D eigenvalue weighted by Crippen LogP contribution is -2.33. The Labute approximate surface area is 306 Å². The first kappa shape index (κ1) is 38.0. The quantitative estimate of drug-likeness (QED) is 0.121. The fraction of sp³-hybridized carbons (Fsp3) is 0.229. The van der Waals surface area contributed by atoms with Crippen LogP contribution >= 0.6 is 11.3 Å². The first-order chi connectivity index (χ1) is 25.5. The average molecular weight is 748 g/mol. The van der Waals surface area contributed by atoms with Crippen LogP contribution in [0, 0.1) is 11.6 Å². The zero-order valence-corrected chi connectivity index (χ0v) is 30.1. The highest BCUT2D eigenvalue weighted by molar-refractivity contribution is 7.20. The second-order valence-corrected chi connectivity index (χ2v) is 12.3. The van der Waals surface area contributed by atoms with Crippen LogP contribution < -0.4 is 30.3 Å². The number of halogens is 2. The number of carbonyl (C=O) groups excluding carboxylic acids is 3. The van der Waals surface area contributed by atoms with E-state index in [-0.39, 0.29) is 47.1 Å². The molecule has 0 spiro atoms. The molecule has 2 aromatic carbocycles. The summed E-state index contributed by atoms with van der Waals surface area (Å²) in [7, 11) is 6.47. The molecule has 0 aliphatic heterocycles. The number of carbonyl (C=O) groups is 3. The maximum atomic E-state index is 15.0. The lowest BCUT2D eigenvalue weighted by Gasteiger charge is -2.23. The number of benzene rings is 2. The second kappa shape index (κ2) is 17.3. The van der Waals surface area contributed by atoms with Crippen LogP contribution in [0.1, 0.15) is 28.4 Å². The number of ether oxygens (including phenoxy) is 3. The van der Waals surface area contributed by atoms with Crippen LogP contribution in [-0.4, -0.2) is 78.2 Å². The summed E-state index contributed by atoms with van der Waals surface area (Å²) in [5, 5.41) is 23.7. The third-order valence-electron chi connectivity index (χ3n) is 7.39. The van der Waals surface area contributed by atoms with Crippen molar-refractivity contribution in [3.63, 3.8) is 0 Å². The van der Waals surface area contributed by atoms with Crippen LogP contribution in [0.5, 0.6) is 11.8 Å². The van der Waals surface area contributed by atoms with Crippen LogP contribution in [-0.2, 0) is 17.8 Å². The van der Waals surface area contributed by atoms with Gasteiger partial charge in [-0.2, -0.15) is 0 Å². The highest BCUT2D eigenvalue weighted by Gasteiger charge is 2.33. The molecule has 53 heavy (non-hydrogen) atoms. The van der Waals surface area contributed by atoms with Crippen molar-refractivity contribution in [2.75, 3.05) is 55.8 Å². The van der Waals surface area contributed by atoms with Crippen LogP contribution in [0.25, 0.3) is 10.4 Å². The largest absolute Gasteiger partial charge is 0.480 e. The number of thiophene rings is 1. The molecule has 3 N–H and O–H groups in total. The van der Waals surface area contributed by atoms with E-state index < -0.39 is 41.8 Å². The van der Waals surface area contributed by atoms with Crippen LogP contribution in [0.3, 0.4) is 0 Å². The van der Waals surface area contributed by atoms with Crippen molar-refractivity contribution >= 4 is 51.7 Å². The van der Waals surface area contributed by atoms with E-state index in [0.717, 1.165) is 28.4 Å². The smallest absolute Gasteiger partial charge is 0.415 e. The fourth-order valence-corrected chi connectivity index (χ4v) is 6.30. The first-order valence-corrected chi connectivity index (χ1v) is 16.8. The molecule has 0 bridgehead atoms. The SMILES string of the molecule is CCOC(=O)N(Cc1c(F)cccc1F)c1sc(-c2ccc(NC(=O)Nc3ccc(OC)nn3)cc2)c(CN(C)C)c1C(=O)Nc1ccc(OC)nn1. The molecule has 18 heteroatoms. The molecule has 15 nitrogen and oxygen atoms in total. The Morgan fingerprint density at radius 3 is 1.89 bits per heavy atom. The summed E-state index contributed by atoms with van der Waals surface area (Å²) in [6.45, 7) is 1.16. The molecular formula is C35H35F2N9O6S. The lowest BCUT2D eigenvalue weighted by molar-refractivity contribution is 0.102. The third kappa shape index (κ3) is 9.35. The number of aromatic nitrogens is 4. The Hall–Kier alpha value is -6.27. The maximum absolute atomic E-state index is 15.0. The second-order valence-electron chi connectivity index (χ2n) is 11.3. The van der Waals surface area contributed by atoms with Gasteiger partial charge in [-0.1, -0.05) is 18.2 Å². The number of urea groups is 1. The van der Waals surface area contributed by atoms with Gasteiger partial charge in [0.25, 0.3) is 5.91 Å². The molecule has 0 saturated carbocycles. The minimum atomic E-state index is -0.926. The van der Waals surface area contributed by atoms with Gasteiger partial charge in [-0.05, 0) is 68.5 Å². The minimum Gasteiger partial charge on any atom is -0.480 e. The number of nitrogens with one attached hydrogen (secondary N) is 3. The van der Waals surface area contributed by atoms with Crippen molar-refractivity contribution in [2.24, 2.45) is 0 Å². The summed E-state index contributed by atoms with van der Waals surface area (Å²) in [5.41, 5.74) is 1.19. The van der Waals surface area contributed by atoms with Crippen molar-refractivity contribution in [2.45, 2.75) is 20.0 Å². The van der Waals surface area contributed by atoms with E-state index in [4.69, 9.17) is 14.2 Å². The number of amides is 4. The topological polar surface area (TPSA) is 173 Å². The number of methoxy groups -OCH3 is 2. The van der Waals surface area contributed by atoms with Gasteiger partial charge in [-0.3, -0.25) is 15.0 Å². The van der Waals surface area contributed by atoms with E-state index in [0.29, 0.717) is 21.7 Å². The molecular weight excluding hydrogens is 713 g/mol. The van der Waals surface area contributed by atoms with Crippen molar-refractivity contribution in [1.82, 2.24) is 25.3 Å². The molecule has 0 aliphatic rings. The summed E-state index contributed by atoms with van der Waals surface area (Å²) in [5.74, 6) is -1.63. The number of rotatable bonds is 13. The molecule has 0 atom stereocenters. The van der Waals surface area contributed by atoms with Gasteiger partial charge >= 0.3 is 12.1 Å². The first-order valence-electron chi connectivity index (χ1n) is 15.9. The molecule has 276 valence electrons. The van der Waals surface area contributed by atoms with E-state index >= 15 is 8.78 Å². The van der Waals surface area contributed by atoms with Crippen molar-refractivity contribution in [1.29, 1.82) is 0 Å². The zero-order chi connectivity index (χ0) is 38.1. The Bertz CT molecular complexity index is 2040. The van der Waals surface area contributed by atoms with Gasteiger partial charge < -0.3 is 29.7 Å². The highest BCUT2D eigenvalue weighted by Crippen LogP contribution is 2.44. The molecule has 5 aromatic rings. The fourth-order valence-electron chi connectivity index (χ4n) is 4.99. The summed E-state index contributed by atoms with van der Waals surface area (Å²) < 4.78 is 45.4. The van der Waals surface area contributed by atoms with Crippen molar-refractivity contribution in [3.05, 3.63) is 95.1 Å². The Morgan fingerprint density at radius 2 is 1.36 bits per heavy atom. The van der Waals surface area contributed by atoms with Crippen molar-refractivity contribution in [3.8, 4) is 22.2 Å². The number of hydrogen-bond donors (Lipinski definition) is 3. The summed E-state index contributed by atoms with van der Waals surface area (Å²) in [4.78, 5) is 43.9. The molecule has 4 amide bonds. The van der Waals surface area contributed by atoms with E-state index in [1.54, 1.807) is 51.4 Å². The number of hydrogen-bond acceptors (Lipinski definition) is 12. The Balaban J connectivity index is 1.58. The summed E-state index contributed by atoms with van der Waals surface area (Å²) in [6, 6.07) is 15.6. The Kier molecular flexibility index (Phi) is 12.4. The molecule has 0 unspecified atom stereocenters. The molecule has 0 saturated heterocycles. The third-order valence-corrected chi connectivity index (χ3v) is 8.69. The van der Waals surface area contributed by atoms with Gasteiger partial charge in [-0.25, -0.2) is 18.4 Å². The van der Waals surface area contributed by atoms with Gasteiger partial charge in [-0.15, -0.1) is 31.7 Å². The number of nitrogens with zero attached hydrogens (tertiary/aromatic N) is 6. The normalized spacial score (nSPS) is 10.8. The predicted octanol–water partition coefficient (Wildman–Crippen LogP) is 6.41. The molecule has 3 heterocycles. The monoisotopic (exact) mass is 747 g/mol.